The second kappa shape index (κ2) is 17.6. The minimum Gasteiger partial charge on any atom is -0.497 e. The Labute approximate surface area is 189 Å². The molecule has 0 saturated carbocycles. The lowest BCUT2D eigenvalue weighted by molar-refractivity contribution is -0.903. The topological polar surface area (TPSA) is 9.23 Å². The Bertz CT molecular complexity index is 511. The molecule has 0 fully saturated rings. The summed E-state index contributed by atoms with van der Waals surface area (Å²) < 4.78 is 6.42. The fourth-order valence-electron chi connectivity index (χ4n) is 4.43. The molecule has 174 valence electrons. The van der Waals surface area contributed by atoms with Crippen LogP contribution >= 0.6 is 0 Å². The number of rotatable bonds is 20. The van der Waals surface area contributed by atoms with Crippen molar-refractivity contribution >= 4 is 0 Å². The maximum atomic E-state index is 5.36. The van der Waals surface area contributed by atoms with E-state index in [-0.39, 0.29) is 0 Å². The van der Waals surface area contributed by atoms with Gasteiger partial charge in [0.25, 0.3) is 0 Å². The highest BCUT2D eigenvalue weighted by Crippen LogP contribution is 2.18. The van der Waals surface area contributed by atoms with Gasteiger partial charge in [0.2, 0.25) is 0 Å². The summed E-state index contributed by atoms with van der Waals surface area (Å²) in [6, 6.07) is 8.52. The van der Waals surface area contributed by atoms with Crippen molar-refractivity contribution in [1.29, 1.82) is 0 Å². The van der Waals surface area contributed by atoms with E-state index >= 15 is 0 Å². The molecular formula is C28H52NO+. The van der Waals surface area contributed by atoms with E-state index in [1.165, 1.54) is 115 Å². The lowest BCUT2D eigenvalue weighted by Gasteiger charge is -2.30. The molecule has 0 unspecified atom stereocenters. The van der Waals surface area contributed by atoms with Gasteiger partial charge in [-0.2, -0.15) is 0 Å². The Hall–Kier alpha value is -1.02. The minimum absolute atomic E-state index is 0.968. The molecule has 1 aromatic carbocycles. The van der Waals surface area contributed by atoms with Gasteiger partial charge in [0, 0.05) is 5.56 Å². The third kappa shape index (κ3) is 14.9. The predicted molar refractivity (Wildman–Crippen MR) is 133 cm³/mol. The Balaban J connectivity index is 1.90. The van der Waals surface area contributed by atoms with Crippen LogP contribution in [0, 0.1) is 0 Å². The van der Waals surface area contributed by atoms with Crippen molar-refractivity contribution in [2.75, 3.05) is 27.7 Å². The molecule has 1 aromatic rings. The molecular weight excluding hydrogens is 366 g/mol. The van der Waals surface area contributed by atoms with E-state index < -0.39 is 0 Å². The van der Waals surface area contributed by atoms with E-state index in [9.17, 15) is 0 Å². The van der Waals surface area contributed by atoms with Crippen LogP contribution in [0.3, 0.4) is 0 Å². The molecule has 0 atom stereocenters. The summed E-state index contributed by atoms with van der Waals surface area (Å²) >= 11 is 0. The third-order valence-corrected chi connectivity index (χ3v) is 6.36. The largest absolute Gasteiger partial charge is 0.497 e. The van der Waals surface area contributed by atoms with E-state index in [1.54, 1.807) is 7.11 Å². The smallest absolute Gasteiger partial charge is 0.119 e. The summed E-state index contributed by atoms with van der Waals surface area (Å²) in [6.45, 7) is 4.64. The van der Waals surface area contributed by atoms with Crippen LogP contribution < -0.4 is 4.74 Å². The van der Waals surface area contributed by atoms with Gasteiger partial charge >= 0.3 is 0 Å². The first-order valence-corrected chi connectivity index (χ1v) is 13.0. The molecule has 30 heavy (non-hydrogen) atoms. The average Bonchev–Trinajstić information content (AvgIpc) is 2.73. The van der Waals surface area contributed by atoms with E-state index in [2.05, 4.69) is 39.2 Å². The van der Waals surface area contributed by atoms with E-state index in [4.69, 9.17) is 4.74 Å². The molecule has 0 aliphatic rings. The quantitative estimate of drug-likeness (QED) is 0.152. The van der Waals surface area contributed by atoms with Crippen LogP contribution in [0.4, 0.5) is 0 Å². The van der Waals surface area contributed by atoms with Crippen LogP contribution in [-0.4, -0.2) is 32.2 Å². The lowest BCUT2D eigenvalue weighted by Crippen LogP contribution is -2.39. The van der Waals surface area contributed by atoms with Crippen LogP contribution in [0.2, 0.25) is 0 Å². The highest BCUT2D eigenvalue weighted by Gasteiger charge is 2.15. The van der Waals surface area contributed by atoms with Gasteiger partial charge in [-0.25, -0.2) is 0 Å². The number of hydrogen-bond donors (Lipinski definition) is 0. The van der Waals surface area contributed by atoms with Crippen molar-refractivity contribution in [2.45, 2.75) is 116 Å². The van der Waals surface area contributed by atoms with Gasteiger partial charge in [-0.15, -0.1) is 0 Å². The summed E-state index contributed by atoms with van der Waals surface area (Å²) in [5, 5.41) is 0. The number of ether oxygens (including phenoxy) is 1. The number of hydrogen-bond acceptors (Lipinski definition) is 1. The lowest BCUT2D eigenvalue weighted by atomic mass is 10.0. The Morgan fingerprint density at radius 1 is 0.667 bits per heavy atom. The average molecular weight is 419 g/mol. The van der Waals surface area contributed by atoms with E-state index in [1.807, 2.05) is 6.07 Å². The molecule has 0 N–H and O–H groups in total. The summed E-state index contributed by atoms with van der Waals surface area (Å²) in [4.78, 5) is 0. The zero-order valence-corrected chi connectivity index (χ0v) is 20.9. The first kappa shape index (κ1) is 27.0. The van der Waals surface area contributed by atoms with Crippen LogP contribution in [-0.2, 0) is 6.54 Å². The SMILES string of the molecule is CCCCCCCCCCCCCCCCCC[N+](C)(C)Cc1cccc(OC)c1. The zero-order chi connectivity index (χ0) is 21.9. The normalized spacial score (nSPS) is 11.7. The van der Waals surface area contributed by atoms with Gasteiger partial charge < -0.3 is 9.22 Å². The molecule has 0 bridgehead atoms. The van der Waals surface area contributed by atoms with Crippen molar-refractivity contribution in [3.63, 3.8) is 0 Å². The van der Waals surface area contributed by atoms with Gasteiger partial charge in [0.15, 0.2) is 0 Å². The molecule has 2 nitrogen and oxygen atoms in total. The van der Waals surface area contributed by atoms with Gasteiger partial charge in [0.1, 0.15) is 12.3 Å². The van der Waals surface area contributed by atoms with Gasteiger partial charge in [-0.1, -0.05) is 109 Å². The molecule has 0 aliphatic carbocycles. The van der Waals surface area contributed by atoms with Crippen molar-refractivity contribution < 1.29 is 9.22 Å². The van der Waals surface area contributed by atoms with Crippen LogP contribution in [0.25, 0.3) is 0 Å². The maximum absolute atomic E-state index is 5.36. The molecule has 0 heterocycles. The first-order chi connectivity index (χ1) is 14.6. The van der Waals surface area contributed by atoms with Crippen molar-refractivity contribution in [3.8, 4) is 5.75 Å². The van der Waals surface area contributed by atoms with Gasteiger partial charge in [-0.3, -0.25) is 0 Å². The Kier molecular flexibility index (Phi) is 15.9. The molecule has 0 spiro atoms. The number of unbranched alkanes of at least 4 members (excludes halogenated alkanes) is 15. The fourth-order valence-corrected chi connectivity index (χ4v) is 4.43. The van der Waals surface area contributed by atoms with Crippen molar-refractivity contribution in [1.82, 2.24) is 0 Å². The Morgan fingerprint density at radius 2 is 1.13 bits per heavy atom. The monoisotopic (exact) mass is 418 g/mol. The third-order valence-electron chi connectivity index (χ3n) is 6.36. The second-order valence-electron chi connectivity index (χ2n) is 9.97. The molecule has 0 aliphatic heterocycles. The Morgan fingerprint density at radius 3 is 1.60 bits per heavy atom. The predicted octanol–water partition coefficient (Wildman–Crippen LogP) is 8.53. The summed E-state index contributed by atoms with van der Waals surface area (Å²) in [5.74, 6) is 0.968. The minimum atomic E-state index is 0.968. The number of quaternary nitrogens is 1. The van der Waals surface area contributed by atoms with Crippen molar-refractivity contribution in [2.24, 2.45) is 0 Å². The van der Waals surface area contributed by atoms with Crippen molar-refractivity contribution in [3.05, 3.63) is 29.8 Å². The van der Waals surface area contributed by atoms with Gasteiger partial charge in [-0.05, 0) is 25.0 Å². The summed E-state index contributed by atoms with van der Waals surface area (Å²) in [6.07, 6.45) is 23.0. The molecule has 0 amide bonds. The summed E-state index contributed by atoms with van der Waals surface area (Å²) in [5.41, 5.74) is 1.37. The van der Waals surface area contributed by atoms with Gasteiger partial charge in [0.05, 0.1) is 27.7 Å². The highest BCUT2D eigenvalue weighted by molar-refractivity contribution is 5.27. The maximum Gasteiger partial charge on any atom is 0.119 e. The highest BCUT2D eigenvalue weighted by atomic mass is 16.5. The second-order valence-corrected chi connectivity index (χ2v) is 9.97. The zero-order valence-electron chi connectivity index (χ0n) is 20.9. The number of methoxy groups -OCH3 is 1. The van der Waals surface area contributed by atoms with Crippen LogP contribution in [0.5, 0.6) is 5.75 Å². The number of benzene rings is 1. The fraction of sp³-hybridized carbons (Fsp3) is 0.786. The van der Waals surface area contributed by atoms with E-state index in [0.29, 0.717) is 0 Å². The molecule has 0 radical (unpaired) electrons. The molecule has 2 heteroatoms. The molecule has 0 aromatic heterocycles. The number of nitrogens with zero attached hydrogens (tertiary/aromatic N) is 1. The molecule has 1 rings (SSSR count). The van der Waals surface area contributed by atoms with Crippen LogP contribution in [0.15, 0.2) is 24.3 Å². The van der Waals surface area contributed by atoms with E-state index in [0.717, 1.165) is 16.8 Å². The van der Waals surface area contributed by atoms with Crippen LogP contribution in [0.1, 0.15) is 115 Å². The standard InChI is InChI=1S/C28H52NO/c1-5-6-7-8-9-10-11-12-13-14-15-16-17-18-19-20-24-29(2,3)26-27-22-21-23-28(25-27)30-4/h21-23,25H,5-20,24,26H2,1-4H3/q+1. The first-order valence-electron chi connectivity index (χ1n) is 13.0. The summed E-state index contributed by atoms with van der Waals surface area (Å²) in [7, 11) is 6.45. The molecule has 0 saturated heterocycles.